The topological polar surface area (TPSA) is 69.0 Å². The molecule has 0 atom stereocenters. The van der Waals surface area contributed by atoms with Crippen LogP contribution in [0.5, 0.6) is 5.75 Å². The fourth-order valence-corrected chi connectivity index (χ4v) is 2.87. The lowest BCUT2D eigenvalue weighted by atomic mass is 10.1. The van der Waals surface area contributed by atoms with Crippen LogP contribution in [0.3, 0.4) is 0 Å². The van der Waals surface area contributed by atoms with Crippen molar-refractivity contribution in [3.63, 3.8) is 0 Å². The summed E-state index contributed by atoms with van der Waals surface area (Å²) in [6.07, 6.45) is 2.19. The van der Waals surface area contributed by atoms with Crippen molar-refractivity contribution < 1.29 is 23.5 Å². The van der Waals surface area contributed by atoms with Crippen LogP contribution in [0, 0.1) is 0 Å². The minimum absolute atomic E-state index is 0.179. The molecule has 6 nitrogen and oxygen atoms in total. The first-order valence-electron chi connectivity index (χ1n) is 9.04. The number of furan rings is 1. The highest BCUT2D eigenvalue weighted by Gasteiger charge is 2.13. The molecule has 3 aromatic rings. The molecule has 0 N–H and O–H groups in total. The van der Waals surface area contributed by atoms with E-state index >= 15 is 0 Å². The fourth-order valence-electron chi connectivity index (χ4n) is 2.87. The van der Waals surface area contributed by atoms with E-state index < -0.39 is 5.97 Å². The standard InChI is InChI=1S/C22H23NO5/c1-23(21(24)15-28-22(25)10-9-19-4-3-11-27-19)14-16-5-6-18-13-20(26-2)8-7-17(18)12-16/h3-8,11-13H,9-10,14-15H2,1-2H3. The molecule has 0 saturated heterocycles. The van der Waals surface area contributed by atoms with Gasteiger partial charge in [0.25, 0.3) is 5.91 Å². The summed E-state index contributed by atoms with van der Waals surface area (Å²) < 4.78 is 15.5. The van der Waals surface area contributed by atoms with Gasteiger partial charge in [-0.25, -0.2) is 0 Å². The third-order valence-corrected chi connectivity index (χ3v) is 4.47. The van der Waals surface area contributed by atoms with Gasteiger partial charge in [0, 0.05) is 20.0 Å². The van der Waals surface area contributed by atoms with Crippen molar-refractivity contribution in [2.75, 3.05) is 20.8 Å². The van der Waals surface area contributed by atoms with Gasteiger partial charge in [-0.3, -0.25) is 9.59 Å². The van der Waals surface area contributed by atoms with Crippen LogP contribution in [0.25, 0.3) is 10.8 Å². The van der Waals surface area contributed by atoms with Crippen molar-refractivity contribution >= 4 is 22.6 Å². The molecule has 0 spiro atoms. The van der Waals surface area contributed by atoms with E-state index in [1.54, 1.807) is 37.5 Å². The van der Waals surface area contributed by atoms with Crippen molar-refractivity contribution in [1.82, 2.24) is 4.90 Å². The van der Waals surface area contributed by atoms with E-state index in [1.807, 2.05) is 36.4 Å². The fraction of sp³-hybridized carbons (Fsp3) is 0.273. The first kappa shape index (κ1) is 19.5. The number of carbonyl (C=O) groups is 2. The van der Waals surface area contributed by atoms with Crippen LogP contribution in [0.15, 0.2) is 59.2 Å². The molecule has 1 aromatic heterocycles. The Hall–Kier alpha value is -3.28. The smallest absolute Gasteiger partial charge is 0.306 e. The average Bonchev–Trinajstić information content (AvgIpc) is 3.23. The van der Waals surface area contributed by atoms with Crippen LogP contribution in [0.4, 0.5) is 0 Å². The molecule has 0 unspecified atom stereocenters. The van der Waals surface area contributed by atoms with Gasteiger partial charge in [-0.15, -0.1) is 0 Å². The molecule has 0 radical (unpaired) electrons. The van der Waals surface area contributed by atoms with Crippen molar-refractivity contribution in [2.45, 2.75) is 19.4 Å². The van der Waals surface area contributed by atoms with E-state index in [0.717, 1.165) is 22.1 Å². The molecule has 28 heavy (non-hydrogen) atoms. The maximum atomic E-state index is 12.2. The van der Waals surface area contributed by atoms with E-state index in [2.05, 4.69) is 0 Å². The number of aryl methyl sites for hydroxylation is 1. The van der Waals surface area contributed by atoms with E-state index in [0.29, 0.717) is 18.7 Å². The second kappa shape index (κ2) is 9.08. The quantitative estimate of drug-likeness (QED) is 0.558. The number of methoxy groups -OCH3 is 1. The largest absolute Gasteiger partial charge is 0.497 e. The molecular weight excluding hydrogens is 358 g/mol. The normalized spacial score (nSPS) is 10.6. The zero-order valence-electron chi connectivity index (χ0n) is 16.0. The molecule has 0 aliphatic rings. The first-order chi connectivity index (χ1) is 13.5. The van der Waals surface area contributed by atoms with Gasteiger partial charge in [-0.2, -0.15) is 0 Å². The Bertz CT molecular complexity index is 949. The molecule has 0 saturated carbocycles. The zero-order valence-corrected chi connectivity index (χ0v) is 16.0. The number of rotatable bonds is 8. The van der Waals surface area contributed by atoms with Gasteiger partial charge in [0.05, 0.1) is 19.8 Å². The Kier molecular flexibility index (Phi) is 6.32. The minimum Gasteiger partial charge on any atom is -0.497 e. The number of hydrogen-bond acceptors (Lipinski definition) is 5. The van der Waals surface area contributed by atoms with Crippen LogP contribution >= 0.6 is 0 Å². The highest BCUT2D eigenvalue weighted by Crippen LogP contribution is 2.22. The second-order valence-electron chi connectivity index (χ2n) is 6.54. The van der Waals surface area contributed by atoms with Crippen molar-refractivity contribution in [3.05, 3.63) is 66.1 Å². The molecule has 0 aliphatic heterocycles. The van der Waals surface area contributed by atoms with Crippen molar-refractivity contribution in [3.8, 4) is 5.75 Å². The molecule has 3 rings (SSSR count). The highest BCUT2D eigenvalue weighted by atomic mass is 16.5. The van der Waals surface area contributed by atoms with Crippen LogP contribution in [-0.4, -0.2) is 37.5 Å². The van der Waals surface area contributed by atoms with Gasteiger partial charge < -0.3 is 18.8 Å². The predicted octanol–water partition coefficient (Wildman–Crippen LogP) is 3.58. The molecule has 1 amide bonds. The molecule has 0 bridgehead atoms. The monoisotopic (exact) mass is 381 g/mol. The van der Waals surface area contributed by atoms with E-state index in [-0.39, 0.29) is 18.9 Å². The molecule has 0 fully saturated rings. The lowest BCUT2D eigenvalue weighted by Gasteiger charge is -2.17. The SMILES string of the molecule is COc1ccc2cc(CN(C)C(=O)COC(=O)CCc3ccco3)ccc2c1. The van der Waals surface area contributed by atoms with Crippen LogP contribution < -0.4 is 4.74 Å². The summed E-state index contributed by atoms with van der Waals surface area (Å²) in [5, 5.41) is 2.14. The first-order valence-corrected chi connectivity index (χ1v) is 9.04. The lowest BCUT2D eigenvalue weighted by molar-refractivity contribution is -0.151. The summed E-state index contributed by atoms with van der Waals surface area (Å²) in [5.41, 5.74) is 0.998. The number of esters is 1. The number of fused-ring (bicyclic) bond motifs is 1. The van der Waals surface area contributed by atoms with Gasteiger partial charge in [-0.1, -0.05) is 18.2 Å². The third kappa shape index (κ3) is 5.13. The molecule has 0 aliphatic carbocycles. The lowest BCUT2D eigenvalue weighted by Crippen LogP contribution is -2.30. The zero-order chi connectivity index (χ0) is 19.9. The Balaban J connectivity index is 1.49. The average molecular weight is 381 g/mol. The van der Waals surface area contributed by atoms with Crippen LogP contribution in [0.1, 0.15) is 17.7 Å². The van der Waals surface area contributed by atoms with E-state index in [4.69, 9.17) is 13.9 Å². The molecular formula is C22H23NO5. The number of hydrogen-bond donors (Lipinski definition) is 0. The highest BCUT2D eigenvalue weighted by molar-refractivity contribution is 5.85. The summed E-state index contributed by atoms with van der Waals surface area (Å²) >= 11 is 0. The number of ether oxygens (including phenoxy) is 2. The minimum atomic E-state index is -0.419. The van der Waals surface area contributed by atoms with Crippen molar-refractivity contribution in [2.24, 2.45) is 0 Å². The van der Waals surface area contributed by atoms with Gasteiger partial charge in [0.1, 0.15) is 11.5 Å². The number of benzene rings is 2. The second-order valence-corrected chi connectivity index (χ2v) is 6.54. The van der Waals surface area contributed by atoms with E-state index in [1.165, 1.54) is 0 Å². The Morgan fingerprint density at radius 2 is 1.86 bits per heavy atom. The maximum Gasteiger partial charge on any atom is 0.306 e. The van der Waals surface area contributed by atoms with Gasteiger partial charge in [0.15, 0.2) is 6.61 Å². The molecule has 146 valence electrons. The van der Waals surface area contributed by atoms with E-state index in [9.17, 15) is 9.59 Å². The third-order valence-electron chi connectivity index (χ3n) is 4.47. The molecule has 1 heterocycles. The van der Waals surface area contributed by atoms with Crippen molar-refractivity contribution in [1.29, 1.82) is 0 Å². The number of nitrogens with zero attached hydrogens (tertiary/aromatic N) is 1. The summed E-state index contributed by atoms with van der Waals surface area (Å²) in [7, 11) is 3.33. The van der Waals surface area contributed by atoms with Crippen LogP contribution in [0.2, 0.25) is 0 Å². The summed E-state index contributed by atoms with van der Waals surface area (Å²) in [5.74, 6) is 0.856. The number of likely N-dealkylation sites (N-methyl/N-ethyl adjacent to an activating group) is 1. The molecule has 2 aromatic carbocycles. The Labute approximate surface area is 163 Å². The van der Waals surface area contributed by atoms with Gasteiger partial charge in [0.2, 0.25) is 0 Å². The predicted molar refractivity (Wildman–Crippen MR) is 105 cm³/mol. The summed E-state index contributed by atoms with van der Waals surface area (Å²) in [6, 6.07) is 15.4. The van der Waals surface area contributed by atoms with Gasteiger partial charge >= 0.3 is 5.97 Å². The Morgan fingerprint density at radius 3 is 2.61 bits per heavy atom. The van der Waals surface area contributed by atoms with Crippen LogP contribution in [-0.2, 0) is 27.3 Å². The Morgan fingerprint density at radius 1 is 1.07 bits per heavy atom. The number of amides is 1. The summed E-state index contributed by atoms with van der Waals surface area (Å²) in [4.78, 5) is 25.6. The van der Waals surface area contributed by atoms with Gasteiger partial charge in [-0.05, 0) is 46.7 Å². The maximum absolute atomic E-state index is 12.2. The summed E-state index contributed by atoms with van der Waals surface area (Å²) in [6.45, 7) is 0.170. The number of carbonyl (C=O) groups excluding carboxylic acids is 2. The molecule has 6 heteroatoms.